The summed E-state index contributed by atoms with van der Waals surface area (Å²) in [5, 5.41) is 11.5. The Bertz CT molecular complexity index is 1550. The average molecular weight is 517 g/mol. The van der Waals surface area contributed by atoms with Crippen LogP contribution < -0.4 is 9.64 Å². The predicted molar refractivity (Wildman–Crippen MR) is 149 cm³/mol. The van der Waals surface area contributed by atoms with Crippen LogP contribution in [0.25, 0.3) is 5.76 Å². The number of aromatic nitrogens is 1. The third kappa shape index (κ3) is 4.81. The van der Waals surface area contributed by atoms with Crippen molar-refractivity contribution < 1.29 is 19.4 Å². The number of nitrogens with zero attached hydrogens (tertiary/aromatic N) is 2. The van der Waals surface area contributed by atoms with Crippen molar-refractivity contribution in [3.63, 3.8) is 0 Å². The minimum Gasteiger partial charge on any atom is -0.507 e. The maximum Gasteiger partial charge on any atom is 0.300 e. The summed E-state index contributed by atoms with van der Waals surface area (Å²) in [6.45, 7) is 0.416. The topological polar surface area (TPSA) is 79.7 Å². The molecule has 39 heavy (non-hydrogen) atoms. The van der Waals surface area contributed by atoms with Crippen molar-refractivity contribution in [2.45, 2.75) is 38.3 Å². The van der Waals surface area contributed by atoms with Crippen LogP contribution in [0.3, 0.4) is 0 Å². The first-order chi connectivity index (χ1) is 19.1. The summed E-state index contributed by atoms with van der Waals surface area (Å²) in [6.07, 6.45) is 5.82. The Morgan fingerprint density at radius 2 is 1.62 bits per heavy atom. The predicted octanol–water partition coefficient (Wildman–Crippen LogP) is 6.17. The zero-order valence-corrected chi connectivity index (χ0v) is 21.4. The van der Waals surface area contributed by atoms with Crippen LogP contribution >= 0.6 is 0 Å². The van der Waals surface area contributed by atoms with E-state index in [2.05, 4.69) is 4.98 Å². The van der Waals surface area contributed by atoms with E-state index in [9.17, 15) is 14.7 Å². The summed E-state index contributed by atoms with van der Waals surface area (Å²) in [4.78, 5) is 32.8. The highest BCUT2D eigenvalue weighted by Crippen LogP contribution is 2.42. The molecule has 0 radical (unpaired) electrons. The Hall–Kier alpha value is -4.71. The van der Waals surface area contributed by atoms with Crippen LogP contribution in [0, 0.1) is 0 Å². The lowest BCUT2D eigenvalue weighted by molar-refractivity contribution is -0.132. The van der Waals surface area contributed by atoms with E-state index in [1.807, 2.05) is 54.6 Å². The van der Waals surface area contributed by atoms with Gasteiger partial charge in [-0.1, -0.05) is 48.5 Å². The first kappa shape index (κ1) is 24.6. The number of aliphatic hydroxyl groups is 1. The molecule has 1 aliphatic heterocycles. The van der Waals surface area contributed by atoms with Gasteiger partial charge >= 0.3 is 0 Å². The molecule has 1 fully saturated rings. The van der Waals surface area contributed by atoms with E-state index in [-0.39, 0.29) is 11.3 Å². The Balaban J connectivity index is 1.36. The standard InChI is InChI=1S/C33H28N2O4/c36-31(25-14-13-23-10-4-5-11-24(23)20-25)29-30(28-12-6-7-19-34-28)35(33(38)32(29)37)26-15-17-27(18-16-26)39-21-22-8-2-1-3-9-22/h1-3,6-9,12-20,30,36H,4-5,10-11,21H2/b31-29-. The van der Waals surface area contributed by atoms with Crippen LogP contribution in [0.2, 0.25) is 0 Å². The zero-order chi connectivity index (χ0) is 26.8. The number of rotatable bonds is 6. The highest BCUT2D eigenvalue weighted by molar-refractivity contribution is 6.51. The molecule has 1 N–H and O–H groups in total. The number of hydrogen-bond acceptors (Lipinski definition) is 5. The highest BCUT2D eigenvalue weighted by atomic mass is 16.5. The van der Waals surface area contributed by atoms with E-state index < -0.39 is 17.7 Å². The number of ketones is 1. The third-order valence-corrected chi connectivity index (χ3v) is 7.40. The number of hydrogen-bond donors (Lipinski definition) is 1. The quantitative estimate of drug-likeness (QED) is 0.188. The van der Waals surface area contributed by atoms with Crippen molar-refractivity contribution in [2.24, 2.45) is 0 Å². The number of amides is 1. The van der Waals surface area contributed by atoms with Crippen molar-refractivity contribution in [2.75, 3.05) is 4.90 Å². The van der Waals surface area contributed by atoms with E-state index in [0.717, 1.165) is 31.2 Å². The van der Waals surface area contributed by atoms with Crippen LogP contribution in [-0.4, -0.2) is 21.8 Å². The van der Waals surface area contributed by atoms with Crippen LogP contribution in [0.15, 0.2) is 103 Å². The summed E-state index contributed by atoms with van der Waals surface area (Å²) < 4.78 is 5.90. The Morgan fingerprint density at radius 1 is 0.872 bits per heavy atom. The van der Waals surface area contributed by atoms with Crippen LogP contribution in [0.1, 0.15) is 46.8 Å². The fourth-order valence-corrected chi connectivity index (χ4v) is 5.40. The molecule has 4 aromatic rings. The first-order valence-electron chi connectivity index (χ1n) is 13.2. The average Bonchev–Trinajstić information content (AvgIpc) is 3.26. The van der Waals surface area contributed by atoms with Crippen LogP contribution in [0.5, 0.6) is 5.75 Å². The molecule has 0 saturated carbocycles. The maximum atomic E-state index is 13.4. The molecule has 6 rings (SSSR count). The summed E-state index contributed by atoms with van der Waals surface area (Å²) in [5.41, 5.74) is 5.10. The number of Topliss-reactive ketones (excluding diaryl/α,β-unsaturated/α-hetero) is 1. The molecule has 2 heterocycles. The van der Waals surface area contributed by atoms with E-state index in [1.165, 1.54) is 16.0 Å². The molecule has 1 aliphatic carbocycles. The first-order valence-corrected chi connectivity index (χ1v) is 13.2. The van der Waals surface area contributed by atoms with Crippen LogP contribution in [-0.2, 0) is 29.0 Å². The monoisotopic (exact) mass is 516 g/mol. The molecule has 194 valence electrons. The molecule has 1 aromatic heterocycles. The number of aliphatic hydroxyl groups excluding tert-OH is 1. The minimum absolute atomic E-state index is 0.0406. The van der Waals surface area contributed by atoms with Gasteiger partial charge in [-0.3, -0.25) is 19.5 Å². The second kappa shape index (κ2) is 10.6. The van der Waals surface area contributed by atoms with E-state index in [0.29, 0.717) is 29.3 Å². The zero-order valence-electron chi connectivity index (χ0n) is 21.4. The molecule has 1 saturated heterocycles. The normalized spacial score (nSPS) is 18.2. The van der Waals surface area contributed by atoms with Gasteiger partial charge in [0, 0.05) is 17.4 Å². The third-order valence-electron chi connectivity index (χ3n) is 7.40. The van der Waals surface area contributed by atoms with Gasteiger partial charge in [0.05, 0.1) is 11.3 Å². The summed E-state index contributed by atoms with van der Waals surface area (Å²) >= 11 is 0. The molecule has 0 spiro atoms. The SMILES string of the molecule is O=C1C(=O)N(c2ccc(OCc3ccccc3)cc2)C(c2ccccn2)/C1=C(/O)c1ccc2c(c1)CCCC2. The van der Waals surface area contributed by atoms with Gasteiger partial charge in [-0.2, -0.15) is 0 Å². The lowest BCUT2D eigenvalue weighted by Crippen LogP contribution is -2.29. The van der Waals surface area contributed by atoms with Gasteiger partial charge in [0.25, 0.3) is 11.7 Å². The number of aryl methyl sites for hydroxylation is 2. The number of anilines is 1. The molecule has 1 atom stereocenters. The van der Waals surface area contributed by atoms with Gasteiger partial charge in [-0.15, -0.1) is 0 Å². The van der Waals surface area contributed by atoms with Crippen molar-refractivity contribution >= 4 is 23.1 Å². The van der Waals surface area contributed by atoms with Crippen LogP contribution in [0.4, 0.5) is 5.69 Å². The largest absolute Gasteiger partial charge is 0.507 e. The molecule has 6 nitrogen and oxygen atoms in total. The van der Waals surface area contributed by atoms with Crippen molar-refractivity contribution in [3.05, 3.63) is 131 Å². The molecule has 2 aliphatic rings. The fourth-order valence-electron chi connectivity index (χ4n) is 5.40. The second-order valence-electron chi connectivity index (χ2n) is 9.88. The highest BCUT2D eigenvalue weighted by Gasteiger charge is 2.47. The van der Waals surface area contributed by atoms with Gasteiger partial charge in [-0.05, 0) is 84.8 Å². The Labute approximate surface area is 227 Å². The summed E-state index contributed by atoms with van der Waals surface area (Å²) in [6, 6.07) is 27.2. The molecular weight excluding hydrogens is 488 g/mol. The van der Waals surface area contributed by atoms with E-state index in [1.54, 1.807) is 42.6 Å². The summed E-state index contributed by atoms with van der Waals surface area (Å²) in [7, 11) is 0. The van der Waals surface area contributed by atoms with Crippen molar-refractivity contribution in [1.82, 2.24) is 4.98 Å². The van der Waals surface area contributed by atoms with Gasteiger partial charge < -0.3 is 9.84 Å². The Kier molecular flexibility index (Phi) is 6.68. The molecule has 1 amide bonds. The number of carbonyl (C=O) groups is 2. The minimum atomic E-state index is -0.863. The number of carbonyl (C=O) groups excluding carboxylic acids is 2. The fraction of sp³-hybridized carbons (Fsp3) is 0.182. The maximum absolute atomic E-state index is 13.4. The number of pyridine rings is 1. The van der Waals surface area contributed by atoms with Crippen molar-refractivity contribution in [3.8, 4) is 5.75 Å². The number of ether oxygens (including phenoxy) is 1. The molecule has 1 unspecified atom stereocenters. The number of fused-ring (bicyclic) bond motifs is 1. The van der Waals surface area contributed by atoms with Gasteiger partial charge in [-0.25, -0.2) is 0 Å². The van der Waals surface area contributed by atoms with Gasteiger partial charge in [0.2, 0.25) is 0 Å². The Morgan fingerprint density at radius 3 is 2.36 bits per heavy atom. The second-order valence-corrected chi connectivity index (χ2v) is 9.88. The van der Waals surface area contributed by atoms with Crippen molar-refractivity contribution in [1.29, 1.82) is 0 Å². The number of benzene rings is 3. The van der Waals surface area contributed by atoms with Gasteiger partial charge in [0.1, 0.15) is 24.2 Å². The summed E-state index contributed by atoms with van der Waals surface area (Å²) in [5.74, 6) is -0.973. The molecular formula is C33H28N2O4. The molecule has 3 aromatic carbocycles. The smallest absolute Gasteiger partial charge is 0.300 e. The van der Waals surface area contributed by atoms with E-state index in [4.69, 9.17) is 4.74 Å². The van der Waals surface area contributed by atoms with E-state index >= 15 is 0 Å². The lowest BCUT2D eigenvalue weighted by Gasteiger charge is -2.25. The molecule has 6 heteroatoms. The lowest BCUT2D eigenvalue weighted by atomic mass is 9.89. The molecule has 0 bridgehead atoms. The van der Waals surface area contributed by atoms with Gasteiger partial charge in [0.15, 0.2) is 0 Å².